The zero-order valence-electron chi connectivity index (χ0n) is 14.0. The van der Waals surface area contributed by atoms with E-state index in [1.54, 1.807) is 0 Å². The van der Waals surface area contributed by atoms with Crippen molar-refractivity contribution in [3.63, 3.8) is 0 Å². The topological polar surface area (TPSA) is 69.7 Å². The number of amides is 1. The van der Waals surface area contributed by atoms with Gasteiger partial charge in [0.05, 0.1) is 17.5 Å². The second-order valence-corrected chi connectivity index (χ2v) is 9.42. The average molecular weight is 343 g/mol. The third kappa shape index (κ3) is 4.06. The van der Waals surface area contributed by atoms with Gasteiger partial charge in [-0.1, -0.05) is 6.42 Å². The van der Waals surface area contributed by atoms with Crippen LogP contribution in [0.3, 0.4) is 0 Å². The second kappa shape index (κ2) is 7.07. The lowest BCUT2D eigenvalue weighted by Gasteiger charge is -2.36. The fourth-order valence-corrected chi connectivity index (χ4v) is 6.17. The van der Waals surface area contributed by atoms with Crippen LogP contribution in [-0.4, -0.2) is 79.9 Å². The van der Waals surface area contributed by atoms with Crippen LogP contribution >= 0.6 is 0 Å². The van der Waals surface area contributed by atoms with Crippen molar-refractivity contribution >= 4 is 15.7 Å². The van der Waals surface area contributed by atoms with Crippen molar-refractivity contribution in [2.75, 3.05) is 37.7 Å². The Hall–Kier alpha value is -0.660. The lowest BCUT2D eigenvalue weighted by atomic mass is 10.0. The molecule has 23 heavy (non-hydrogen) atoms. The van der Waals surface area contributed by atoms with Crippen molar-refractivity contribution in [1.82, 2.24) is 15.1 Å². The van der Waals surface area contributed by atoms with E-state index in [9.17, 15) is 13.2 Å². The molecule has 0 aromatic rings. The number of carbonyl (C=O) groups is 1. The monoisotopic (exact) mass is 343 g/mol. The van der Waals surface area contributed by atoms with Gasteiger partial charge in [0.15, 0.2) is 9.84 Å². The smallest absolute Gasteiger partial charge is 0.239 e. The first-order valence-electron chi connectivity index (χ1n) is 8.95. The predicted octanol–water partition coefficient (Wildman–Crippen LogP) is 0.238. The van der Waals surface area contributed by atoms with Crippen molar-refractivity contribution in [3.05, 3.63) is 0 Å². The number of nitrogens with one attached hydrogen (secondary N) is 1. The molecule has 0 aromatic carbocycles. The molecule has 0 aromatic heterocycles. The Bertz CT molecular complexity index is 525. The van der Waals surface area contributed by atoms with Crippen LogP contribution in [0.5, 0.6) is 0 Å². The van der Waals surface area contributed by atoms with Crippen molar-refractivity contribution < 1.29 is 13.2 Å². The van der Waals surface area contributed by atoms with Gasteiger partial charge in [-0.15, -0.1) is 0 Å². The fraction of sp³-hybridized carbons (Fsp3) is 0.938. The number of piperidine rings is 1. The summed E-state index contributed by atoms with van der Waals surface area (Å²) in [6.45, 7) is 5.51. The van der Waals surface area contributed by atoms with Gasteiger partial charge in [-0.05, 0) is 45.7 Å². The van der Waals surface area contributed by atoms with Gasteiger partial charge >= 0.3 is 0 Å². The maximum absolute atomic E-state index is 12.5. The van der Waals surface area contributed by atoms with E-state index in [4.69, 9.17) is 0 Å². The number of hydrogen-bond donors (Lipinski definition) is 1. The molecule has 0 saturated carbocycles. The van der Waals surface area contributed by atoms with Crippen molar-refractivity contribution in [3.8, 4) is 0 Å². The molecule has 7 heteroatoms. The Labute approximate surface area is 139 Å². The molecule has 3 heterocycles. The summed E-state index contributed by atoms with van der Waals surface area (Å²) in [6, 6.07) is -0.410. The molecule has 0 radical (unpaired) electrons. The average Bonchev–Trinajstić information content (AvgIpc) is 3.15. The molecule has 3 saturated heterocycles. The number of carbonyl (C=O) groups excluding carboxylic acids is 1. The molecule has 3 aliphatic rings. The lowest BCUT2D eigenvalue weighted by Crippen LogP contribution is -2.56. The lowest BCUT2D eigenvalue weighted by molar-refractivity contribution is -0.132. The fourth-order valence-electron chi connectivity index (χ4n) is 4.20. The highest BCUT2D eigenvalue weighted by molar-refractivity contribution is 7.91. The molecular formula is C16H29N3O3S. The molecule has 3 fully saturated rings. The third-order valence-corrected chi connectivity index (χ3v) is 7.15. The molecule has 6 nitrogen and oxygen atoms in total. The SMILES string of the molecule is C[C@H](N[C@@H]1CS(=O)(=O)C[C@H]1N1CCCCC1)C(=O)N1CCCC1. The summed E-state index contributed by atoms with van der Waals surface area (Å²) in [5, 5.41) is 3.35. The van der Waals surface area contributed by atoms with Crippen molar-refractivity contribution in [2.45, 2.75) is 57.2 Å². The second-order valence-electron chi connectivity index (χ2n) is 7.27. The first-order valence-corrected chi connectivity index (χ1v) is 10.8. The molecule has 0 bridgehead atoms. The molecule has 0 unspecified atom stereocenters. The van der Waals surface area contributed by atoms with Crippen LogP contribution in [0.2, 0.25) is 0 Å². The quantitative estimate of drug-likeness (QED) is 0.792. The van der Waals surface area contributed by atoms with E-state index in [1.807, 2.05) is 11.8 Å². The summed E-state index contributed by atoms with van der Waals surface area (Å²) in [5.74, 6) is 0.505. The summed E-state index contributed by atoms with van der Waals surface area (Å²) >= 11 is 0. The molecule has 1 amide bonds. The Morgan fingerprint density at radius 2 is 1.61 bits per heavy atom. The highest BCUT2D eigenvalue weighted by Gasteiger charge is 2.42. The Morgan fingerprint density at radius 1 is 1.00 bits per heavy atom. The number of nitrogens with zero attached hydrogens (tertiary/aromatic N) is 2. The standard InChI is InChI=1S/C16H29N3O3S/c1-13(16(20)19-9-5-6-10-19)17-14-11-23(21,22)12-15(14)18-7-3-2-4-8-18/h13-15,17H,2-12H2,1H3/t13-,14+,15+/m0/s1. The minimum Gasteiger partial charge on any atom is -0.341 e. The molecule has 0 aliphatic carbocycles. The maximum atomic E-state index is 12.5. The highest BCUT2D eigenvalue weighted by Crippen LogP contribution is 2.23. The molecular weight excluding hydrogens is 314 g/mol. The van der Waals surface area contributed by atoms with Gasteiger partial charge < -0.3 is 10.2 Å². The Balaban J connectivity index is 1.64. The predicted molar refractivity (Wildman–Crippen MR) is 90.1 cm³/mol. The van der Waals surface area contributed by atoms with E-state index in [-0.39, 0.29) is 35.5 Å². The van der Waals surface area contributed by atoms with Crippen LogP contribution in [-0.2, 0) is 14.6 Å². The maximum Gasteiger partial charge on any atom is 0.239 e. The van der Waals surface area contributed by atoms with Gasteiger partial charge in [0, 0.05) is 25.2 Å². The Kier molecular flexibility index (Phi) is 5.28. The molecule has 3 aliphatic heterocycles. The number of rotatable bonds is 4. The van der Waals surface area contributed by atoms with E-state index in [2.05, 4.69) is 10.2 Å². The third-order valence-electron chi connectivity index (χ3n) is 5.43. The first kappa shape index (κ1) is 17.2. The molecule has 132 valence electrons. The van der Waals surface area contributed by atoms with Gasteiger partial charge in [0.25, 0.3) is 0 Å². The zero-order valence-corrected chi connectivity index (χ0v) is 14.9. The van der Waals surface area contributed by atoms with Crippen LogP contribution in [0.25, 0.3) is 0 Å². The van der Waals surface area contributed by atoms with Gasteiger partial charge in [-0.3, -0.25) is 9.69 Å². The molecule has 3 atom stereocenters. The zero-order chi connectivity index (χ0) is 16.4. The summed E-state index contributed by atoms with van der Waals surface area (Å²) in [7, 11) is -3.01. The van der Waals surface area contributed by atoms with Gasteiger partial charge in [0.2, 0.25) is 5.91 Å². The number of hydrogen-bond acceptors (Lipinski definition) is 5. The summed E-state index contributed by atoms with van der Waals surface area (Å²) in [5.41, 5.74) is 0. The summed E-state index contributed by atoms with van der Waals surface area (Å²) in [4.78, 5) is 16.7. The Morgan fingerprint density at radius 3 is 2.26 bits per heavy atom. The summed E-state index contributed by atoms with van der Waals surface area (Å²) in [6.07, 6.45) is 5.67. The van der Waals surface area contributed by atoms with Crippen LogP contribution < -0.4 is 5.32 Å². The van der Waals surface area contributed by atoms with Crippen LogP contribution in [0.4, 0.5) is 0 Å². The molecule has 1 N–H and O–H groups in total. The molecule has 3 rings (SSSR count). The molecule has 0 spiro atoms. The van der Waals surface area contributed by atoms with Crippen LogP contribution in [0, 0.1) is 0 Å². The normalized spacial score (nSPS) is 33.0. The number of likely N-dealkylation sites (tertiary alicyclic amines) is 2. The van der Waals surface area contributed by atoms with E-state index >= 15 is 0 Å². The van der Waals surface area contributed by atoms with Gasteiger partial charge in [-0.2, -0.15) is 0 Å². The minimum absolute atomic E-state index is 0.0223. The van der Waals surface area contributed by atoms with E-state index in [0.29, 0.717) is 0 Å². The van der Waals surface area contributed by atoms with Crippen LogP contribution in [0.15, 0.2) is 0 Å². The van der Waals surface area contributed by atoms with E-state index < -0.39 is 9.84 Å². The van der Waals surface area contributed by atoms with Crippen molar-refractivity contribution in [2.24, 2.45) is 0 Å². The van der Waals surface area contributed by atoms with Crippen LogP contribution in [0.1, 0.15) is 39.0 Å². The van der Waals surface area contributed by atoms with E-state index in [0.717, 1.165) is 51.9 Å². The van der Waals surface area contributed by atoms with Gasteiger partial charge in [0.1, 0.15) is 0 Å². The van der Waals surface area contributed by atoms with E-state index in [1.165, 1.54) is 6.42 Å². The minimum atomic E-state index is -3.01. The summed E-state index contributed by atoms with van der Waals surface area (Å²) < 4.78 is 24.3. The highest BCUT2D eigenvalue weighted by atomic mass is 32.2. The van der Waals surface area contributed by atoms with Crippen molar-refractivity contribution in [1.29, 1.82) is 0 Å². The largest absolute Gasteiger partial charge is 0.341 e. The first-order chi connectivity index (χ1) is 11.0. The number of sulfone groups is 1. The van der Waals surface area contributed by atoms with Gasteiger partial charge in [-0.25, -0.2) is 8.42 Å².